The van der Waals surface area contributed by atoms with Gasteiger partial charge in [0.2, 0.25) is 0 Å². The third-order valence-corrected chi connectivity index (χ3v) is 3.66. The Morgan fingerprint density at radius 3 is 2.79 bits per heavy atom. The Balaban J connectivity index is 2.04. The van der Waals surface area contributed by atoms with Crippen LogP contribution in [0.4, 0.5) is 16.4 Å². The lowest BCUT2D eigenvalue weighted by molar-refractivity contribution is 0.0523. The standard InChI is InChI=1S/C16H27N5O3/c1-16(2,3)24-15(23)17-8-11-6-12(22)9-21(11)14-7-13(20(4)5)18-10-19-14/h7,10-12,22H,6,8-9H2,1-5H3,(H,17,23)/t11-,12-/m1/s1. The molecule has 1 fully saturated rings. The third kappa shape index (κ3) is 4.95. The zero-order valence-corrected chi connectivity index (χ0v) is 15.0. The van der Waals surface area contributed by atoms with Crippen molar-refractivity contribution in [2.75, 3.05) is 37.0 Å². The van der Waals surface area contributed by atoms with Gasteiger partial charge in [0, 0.05) is 33.3 Å². The van der Waals surface area contributed by atoms with Crippen molar-refractivity contribution in [1.82, 2.24) is 15.3 Å². The SMILES string of the molecule is CN(C)c1cc(N2C[C@H](O)C[C@@H]2CNC(=O)OC(C)(C)C)ncn1. The molecule has 0 saturated carbocycles. The van der Waals surface area contributed by atoms with Gasteiger partial charge in [-0.1, -0.05) is 0 Å². The monoisotopic (exact) mass is 337 g/mol. The molecular weight excluding hydrogens is 310 g/mol. The summed E-state index contributed by atoms with van der Waals surface area (Å²) >= 11 is 0. The van der Waals surface area contributed by atoms with Gasteiger partial charge in [0.15, 0.2) is 0 Å². The molecule has 2 atom stereocenters. The van der Waals surface area contributed by atoms with Crippen molar-refractivity contribution in [2.24, 2.45) is 0 Å². The molecule has 0 aliphatic carbocycles. The van der Waals surface area contributed by atoms with Crippen LogP contribution >= 0.6 is 0 Å². The zero-order valence-electron chi connectivity index (χ0n) is 15.0. The number of hydrogen-bond acceptors (Lipinski definition) is 7. The molecule has 1 saturated heterocycles. The molecule has 8 nitrogen and oxygen atoms in total. The molecule has 0 bridgehead atoms. The van der Waals surface area contributed by atoms with Crippen molar-refractivity contribution in [3.8, 4) is 0 Å². The van der Waals surface area contributed by atoms with Gasteiger partial charge in [0.1, 0.15) is 23.6 Å². The van der Waals surface area contributed by atoms with E-state index in [0.717, 1.165) is 11.6 Å². The summed E-state index contributed by atoms with van der Waals surface area (Å²) in [6.45, 7) is 6.32. The summed E-state index contributed by atoms with van der Waals surface area (Å²) in [4.78, 5) is 24.2. The number of β-amino-alcohol motifs (C(OH)–C–C–N with tert-alkyl or cyclic N) is 1. The minimum atomic E-state index is -0.535. The van der Waals surface area contributed by atoms with Crippen LogP contribution in [-0.2, 0) is 4.74 Å². The lowest BCUT2D eigenvalue weighted by Crippen LogP contribution is -2.42. The number of alkyl carbamates (subject to hydrolysis) is 1. The number of rotatable bonds is 4. The highest BCUT2D eigenvalue weighted by Crippen LogP contribution is 2.25. The van der Waals surface area contributed by atoms with Crippen LogP contribution in [0, 0.1) is 0 Å². The number of carbonyl (C=O) groups is 1. The smallest absolute Gasteiger partial charge is 0.407 e. The van der Waals surface area contributed by atoms with Gasteiger partial charge in [-0.2, -0.15) is 0 Å². The maximum atomic E-state index is 11.8. The summed E-state index contributed by atoms with van der Waals surface area (Å²) in [5.74, 6) is 1.53. The summed E-state index contributed by atoms with van der Waals surface area (Å²) in [5.41, 5.74) is -0.535. The van der Waals surface area contributed by atoms with Crippen LogP contribution < -0.4 is 15.1 Å². The quantitative estimate of drug-likeness (QED) is 0.847. The van der Waals surface area contributed by atoms with Crippen LogP contribution in [0.2, 0.25) is 0 Å². The van der Waals surface area contributed by atoms with Crippen LogP contribution in [0.25, 0.3) is 0 Å². The van der Waals surface area contributed by atoms with Gasteiger partial charge in [-0.3, -0.25) is 0 Å². The molecule has 1 aliphatic heterocycles. The molecule has 0 unspecified atom stereocenters. The summed E-state index contributed by atoms with van der Waals surface area (Å²) in [6, 6.07) is 1.83. The molecule has 134 valence electrons. The third-order valence-electron chi connectivity index (χ3n) is 3.66. The Morgan fingerprint density at radius 1 is 1.46 bits per heavy atom. The average molecular weight is 337 g/mol. The summed E-state index contributed by atoms with van der Waals surface area (Å²) in [5, 5.41) is 12.8. The number of nitrogens with one attached hydrogen (secondary N) is 1. The van der Waals surface area contributed by atoms with Gasteiger partial charge < -0.3 is 25.0 Å². The number of hydrogen-bond donors (Lipinski definition) is 2. The molecule has 1 amide bonds. The number of nitrogens with zero attached hydrogens (tertiary/aromatic N) is 4. The molecule has 2 N–H and O–H groups in total. The Bertz CT molecular complexity index is 573. The normalized spacial score (nSPS) is 20.8. The van der Waals surface area contributed by atoms with E-state index in [9.17, 15) is 9.90 Å². The van der Waals surface area contributed by atoms with E-state index in [1.807, 2.05) is 50.7 Å². The highest BCUT2D eigenvalue weighted by molar-refractivity contribution is 5.67. The van der Waals surface area contributed by atoms with Crippen molar-refractivity contribution in [2.45, 2.75) is 44.9 Å². The van der Waals surface area contributed by atoms with Crippen LogP contribution in [0.3, 0.4) is 0 Å². The predicted molar refractivity (Wildman–Crippen MR) is 92.4 cm³/mol. The second-order valence-electron chi connectivity index (χ2n) is 7.21. The molecule has 0 spiro atoms. The minimum absolute atomic E-state index is 0.0440. The Hall–Kier alpha value is -2.09. The van der Waals surface area contributed by atoms with Crippen LogP contribution in [0.5, 0.6) is 0 Å². The number of aliphatic hydroxyl groups excluding tert-OH is 1. The van der Waals surface area contributed by atoms with E-state index < -0.39 is 17.8 Å². The number of aromatic nitrogens is 2. The van der Waals surface area contributed by atoms with Crippen molar-refractivity contribution < 1.29 is 14.6 Å². The lowest BCUT2D eigenvalue weighted by Gasteiger charge is -2.27. The van der Waals surface area contributed by atoms with E-state index in [4.69, 9.17) is 4.74 Å². The molecule has 0 aromatic carbocycles. The molecular formula is C16H27N5O3. The second-order valence-corrected chi connectivity index (χ2v) is 7.21. The number of ether oxygens (including phenoxy) is 1. The maximum absolute atomic E-state index is 11.8. The fourth-order valence-electron chi connectivity index (χ4n) is 2.62. The number of amides is 1. The molecule has 2 heterocycles. The first-order chi connectivity index (χ1) is 11.2. The molecule has 8 heteroatoms. The van der Waals surface area contributed by atoms with E-state index in [2.05, 4.69) is 15.3 Å². The molecule has 2 rings (SSSR count). The first kappa shape index (κ1) is 18.3. The van der Waals surface area contributed by atoms with Crippen LogP contribution in [-0.4, -0.2) is 66.1 Å². The Morgan fingerprint density at radius 2 is 2.17 bits per heavy atom. The van der Waals surface area contributed by atoms with Gasteiger partial charge in [-0.25, -0.2) is 14.8 Å². The highest BCUT2D eigenvalue weighted by Gasteiger charge is 2.32. The molecule has 1 aliphatic rings. The summed E-state index contributed by atoms with van der Waals surface area (Å²) in [7, 11) is 3.82. The topological polar surface area (TPSA) is 90.8 Å². The van der Waals surface area contributed by atoms with E-state index in [-0.39, 0.29) is 6.04 Å². The molecule has 0 radical (unpaired) electrons. The van der Waals surface area contributed by atoms with Gasteiger partial charge >= 0.3 is 6.09 Å². The van der Waals surface area contributed by atoms with E-state index in [1.54, 1.807) is 0 Å². The zero-order chi connectivity index (χ0) is 17.9. The van der Waals surface area contributed by atoms with E-state index in [0.29, 0.717) is 19.5 Å². The maximum Gasteiger partial charge on any atom is 0.407 e. The summed E-state index contributed by atoms with van der Waals surface area (Å²) in [6.07, 6.45) is 1.17. The number of carbonyl (C=O) groups excluding carboxylic acids is 1. The molecule has 1 aromatic rings. The number of aliphatic hydroxyl groups is 1. The number of anilines is 2. The van der Waals surface area contributed by atoms with Crippen molar-refractivity contribution in [1.29, 1.82) is 0 Å². The van der Waals surface area contributed by atoms with Crippen molar-refractivity contribution in [3.05, 3.63) is 12.4 Å². The average Bonchev–Trinajstić information content (AvgIpc) is 2.84. The van der Waals surface area contributed by atoms with Gasteiger partial charge in [-0.15, -0.1) is 0 Å². The van der Waals surface area contributed by atoms with E-state index >= 15 is 0 Å². The van der Waals surface area contributed by atoms with Crippen LogP contribution in [0.1, 0.15) is 27.2 Å². The molecule has 24 heavy (non-hydrogen) atoms. The first-order valence-corrected chi connectivity index (χ1v) is 8.06. The van der Waals surface area contributed by atoms with Crippen molar-refractivity contribution >= 4 is 17.7 Å². The fraction of sp³-hybridized carbons (Fsp3) is 0.688. The minimum Gasteiger partial charge on any atom is -0.444 e. The Labute approximate surface area is 142 Å². The fourth-order valence-corrected chi connectivity index (χ4v) is 2.62. The van der Waals surface area contributed by atoms with Gasteiger partial charge in [0.05, 0.1) is 12.1 Å². The first-order valence-electron chi connectivity index (χ1n) is 8.06. The highest BCUT2D eigenvalue weighted by atomic mass is 16.6. The summed E-state index contributed by atoms with van der Waals surface area (Å²) < 4.78 is 5.25. The van der Waals surface area contributed by atoms with E-state index in [1.165, 1.54) is 6.33 Å². The van der Waals surface area contributed by atoms with Gasteiger partial charge in [-0.05, 0) is 27.2 Å². The molecule has 1 aromatic heterocycles. The van der Waals surface area contributed by atoms with Gasteiger partial charge in [0.25, 0.3) is 0 Å². The lowest BCUT2D eigenvalue weighted by atomic mass is 10.2. The Kier molecular flexibility index (Phi) is 5.48. The van der Waals surface area contributed by atoms with Crippen LogP contribution in [0.15, 0.2) is 12.4 Å². The second kappa shape index (κ2) is 7.21. The predicted octanol–water partition coefficient (Wildman–Crippen LogP) is 1.01. The van der Waals surface area contributed by atoms with Crippen molar-refractivity contribution in [3.63, 3.8) is 0 Å². The largest absolute Gasteiger partial charge is 0.444 e.